The van der Waals surface area contributed by atoms with Gasteiger partial charge in [-0.1, -0.05) is 35.6 Å². The number of aromatic hydroxyl groups is 1. The average molecular weight is 567 g/mol. The number of thiocarbonyl (C=S) groups is 1. The summed E-state index contributed by atoms with van der Waals surface area (Å²) in [6, 6.07) is 7.10. The normalized spacial score (nSPS) is 23.5. The number of aryl methyl sites for hydroxylation is 2. The molecule has 1 aromatic carbocycles. The monoisotopic (exact) mass is 566 g/mol. The predicted octanol–water partition coefficient (Wildman–Crippen LogP) is 4.77. The molecule has 1 aliphatic heterocycles. The Morgan fingerprint density at radius 1 is 1.26 bits per heavy atom. The fraction of sp³-hybridized carbons (Fsp3) is 0.429. The lowest BCUT2D eigenvalue weighted by Crippen LogP contribution is -2.41. The number of aliphatic hydroxyl groups excluding tert-OH is 1. The number of benzene rings is 1. The van der Waals surface area contributed by atoms with Gasteiger partial charge in [0, 0.05) is 30.3 Å². The van der Waals surface area contributed by atoms with Gasteiger partial charge in [0.2, 0.25) is 0 Å². The third-order valence-corrected chi connectivity index (χ3v) is 9.28. The van der Waals surface area contributed by atoms with Gasteiger partial charge in [0.05, 0.1) is 24.8 Å². The first kappa shape index (κ1) is 26.1. The van der Waals surface area contributed by atoms with Crippen LogP contribution >= 0.6 is 24.0 Å². The lowest BCUT2D eigenvalue weighted by atomic mass is 9.94. The van der Waals surface area contributed by atoms with Crippen LogP contribution in [0.4, 0.5) is 0 Å². The number of nitrogens with zero attached hydrogens (tertiary/aromatic N) is 4. The second-order valence-electron chi connectivity index (χ2n) is 10.4. The molecule has 0 radical (unpaired) electrons. The summed E-state index contributed by atoms with van der Waals surface area (Å²) in [4.78, 5) is 16.0. The van der Waals surface area contributed by atoms with E-state index in [1.807, 2.05) is 17.0 Å². The minimum atomic E-state index is -0.150. The van der Waals surface area contributed by atoms with Crippen molar-refractivity contribution < 1.29 is 24.2 Å². The third-order valence-electron chi connectivity index (χ3n) is 7.95. The molecule has 3 unspecified atom stereocenters. The summed E-state index contributed by atoms with van der Waals surface area (Å²) in [6.07, 6.45) is 9.62. The van der Waals surface area contributed by atoms with Gasteiger partial charge >= 0.3 is 0 Å². The third kappa shape index (κ3) is 5.22. The van der Waals surface area contributed by atoms with E-state index < -0.39 is 0 Å². The number of carbonyl (C=O) groups is 1. The Kier molecular flexibility index (Phi) is 7.22. The van der Waals surface area contributed by atoms with Crippen LogP contribution < -0.4 is 4.74 Å². The molecule has 39 heavy (non-hydrogen) atoms. The van der Waals surface area contributed by atoms with Crippen LogP contribution in [0.15, 0.2) is 39.8 Å². The van der Waals surface area contributed by atoms with Crippen molar-refractivity contribution in [2.24, 2.45) is 11.8 Å². The van der Waals surface area contributed by atoms with Gasteiger partial charge in [0.15, 0.2) is 0 Å². The summed E-state index contributed by atoms with van der Waals surface area (Å²) >= 11 is 7.02. The van der Waals surface area contributed by atoms with Gasteiger partial charge < -0.3 is 19.4 Å². The van der Waals surface area contributed by atoms with Crippen LogP contribution in [0.3, 0.4) is 0 Å². The number of furan rings is 1. The summed E-state index contributed by atoms with van der Waals surface area (Å²) in [5.74, 6) is 2.97. The molecule has 3 fully saturated rings. The Morgan fingerprint density at radius 2 is 2.13 bits per heavy atom. The number of phenols is 1. The first-order valence-corrected chi connectivity index (χ1v) is 14.4. The van der Waals surface area contributed by atoms with Gasteiger partial charge in [-0.25, -0.2) is 0 Å². The van der Waals surface area contributed by atoms with Crippen LogP contribution in [0.2, 0.25) is 0 Å². The van der Waals surface area contributed by atoms with Gasteiger partial charge in [-0.2, -0.15) is 0 Å². The molecule has 204 valence electrons. The van der Waals surface area contributed by atoms with Crippen LogP contribution in [-0.4, -0.2) is 53.5 Å². The highest BCUT2D eigenvalue weighted by atomic mass is 32.2. The van der Waals surface area contributed by atoms with E-state index in [0.717, 1.165) is 18.4 Å². The number of carbonyl (C=O) groups excluding carboxylic acids is 1. The fourth-order valence-electron chi connectivity index (χ4n) is 6.11. The van der Waals surface area contributed by atoms with E-state index in [0.29, 0.717) is 62.6 Å². The number of phenolic OH excluding ortho intramolecular Hbond substituents is 1. The summed E-state index contributed by atoms with van der Waals surface area (Å²) in [7, 11) is 1.54. The Labute approximate surface area is 235 Å². The molecular formula is C28H30N4O5S2. The number of aromatic nitrogens is 3. The number of amides is 1. The lowest BCUT2D eigenvalue weighted by Gasteiger charge is -2.30. The number of hydrogen-bond donors (Lipinski definition) is 2. The molecule has 2 aliphatic carbocycles. The molecule has 11 heteroatoms. The SMILES string of the molecule is COc1cc(O)cc(-c2cc(CCCn3cc(CO)nn3)c(/C=C3\SC(=S)N(C4CC5CCC4C5)C3=O)o2)c1. The van der Waals surface area contributed by atoms with Gasteiger partial charge in [-0.15, -0.1) is 5.10 Å². The van der Waals surface area contributed by atoms with Crippen molar-refractivity contribution in [3.8, 4) is 22.8 Å². The molecular weight excluding hydrogens is 536 g/mol. The number of thioether (sulfide) groups is 1. The maximum Gasteiger partial charge on any atom is 0.266 e. The molecule has 2 aromatic heterocycles. The first-order valence-electron chi connectivity index (χ1n) is 13.2. The van der Waals surface area contributed by atoms with E-state index in [1.54, 1.807) is 30.1 Å². The van der Waals surface area contributed by atoms with Crippen molar-refractivity contribution in [3.05, 3.63) is 52.4 Å². The van der Waals surface area contributed by atoms with Crippen LogP contribution in [0, 0.1) is 11.8 Å². The quantitative estimate of drug-likeness (QED) is 0.279. The highest BCUT2D eigenvalue weighted by Crippen LogP contribution is 2.49. The van der Waals surface area contributed by atoms with Crippen molar-refractivity contribution in [1.82, 2.24) is 19.9 Å². The van der Waals surface area contributed by atoms with Crippen LogP contribution in [-0.2, 0) is 24.4 Å². The minimum Gasteiger partial charge on any atom is -0.508 e. The van der Waals surface area contributed by atoms with Crippen molar-refractivity contribution >= 4 is 40.3 Å². The van der Waals surface area contributed by atoms with Gasteiger partial charge in [-0.3, -0.25) is 14.4 Å². The number of aliphatic hydroxyl groups is 1. The zero-order valence-electron chi connectivity index (χ0n) is 21.6. The summed E-state index contributed by atoms with van der Waals surface area (Å²) in [5.41, 5.74) is 2.13. The zero-order valence-corrected chi connectivity index (χ0v) is 23.2. The number of rotatable bonds is 9. The lowest BCUT2D eigenvalue weighted by molar-refractivity contribution is -0.124. The molecule has 3 heterocycles. The smallest absolute Gasteiger partial charge is 0.266 e. The minimum absolute atomic E-state index is 0.0374. The molecule has 2 N–H and O–H groups in total. The Balaban J connectivity index is 1.28. The molecule has 1 amide bonds. The summed E-state index contributed by atoms with van der Waals surface area (Å²) in [5, 5.41) is 27.4. The van der Waals surface area contributed by atoms with Crippen molar-refractivity contribution in [2.45, 2.75) is 57.7 Å². The average Bonchev–Trinajstić information content (AvgIpc) is 3.75. The molecule has 3 aromatic rings. The fourth-order valence-corrected chi connectivity index (χ4v) is 7.45. The summed E-state index contributed by atoms with van der Waals surface area (Å²) < 4.78 is 13.9. The van der Waals surface area contributed by atoms with Gasteiger partial charge in [0.1, 0.15) is 33.0 Å². The maximum atomic E-state index is 13.5. The topological polar surface area (TPSA) is 114 Å². The highest BCUT2D eigenvalue weighted by Gasteiger charge is 2.48. The molecule has 1 saturated heterocycles. The number of methoxy groups -OCH3 is 1. The van der Waals surface area contributed by atoms with E-state index >= 15 is 0 Å². The van der Waals surface area contributed by atoms with E-state index in [-0.39, 0.29) is 24.3 Å². The van der Waals surface area contributed by atoms with Crippen LogP contribution in [0.1, 0.15) is 49.1 Å². The molecule has 2 saturated carbocycles. The second kappa shape index (κ2) is 10.8. The van der Waals surface area contributed by atoms with E-state index in [2.05, 4.69) is 10.3 Å². The van der Waals surface area contributed by atoms with Crippen LogP contribution in [0.25, 0.3) is 17.4 Å². The van der Waals surface area contributed by atoms with E-state index in [9.17, 15) is 15.0 Å². The molecule has 2 bridgehead atoms. The Bertz CT molecular complexity index is 1450. The predicted molar refractivity (Wildman–Crippen MR) is 151 cm³/mol. The number of hydrogen-bond acceptors (Lipinski definition) is 9. The molecule has 6 rings (SSSR count). The molecule has 9 nitrogen and oxygen atoms in total. The second-order valence-corrected chi connectivity index (χ2v) is 12.1. The maximum absolute atomic E-state index is 13.5. The van der Waals surface area contributed by atoms with Crippen LogP contribution in [0.5, 0.6) is 11.5 Å². The van der Waals surface area contributed by atoms with Gasteiger partial charge in [0.25, 0.3) is 5.91 Å². The highest BCUT2D eigenvalue weighted by molar-refractivity contribution is 8.26. The van der Waals surface area contributed by atoms with Crippen molar-refractivity contribution in [3.63, 3.8) is 0 Å². The van der Waals surface area contributed by atoms with Crippen molar-refractivity contribution in [1.29, 1.82) is 0 Å². The standard InChI is InChI=1S/C28H30N4O5S2/c1-36-22-10-19(9-21(34)12-22)24-11-18(3-2-6-31-14-20(15-33)29-30-31)25(37-24)13-26-27(35)32(28(38)39-26)23-8-16-4-5-17(23)7-16/h9-14,16-17,23,33-34H,2-8,15H2,1H3/b26-13-. The number of fused-ring (bicyclic) bond motifs is 2. The van der Waals surface area contributed by atoms with E-state index in [4.69, 9.17) is 21.4 Å². The molecule has 3 atom stereocenters. The summed E-state index contributed by atoms with van der Waals surface area (Å²) in [6.45, 7) is 0.461. The van der Waals surface area contributed by atoms with Gasteiger partial charge in [-0.05, 0) is 67.7 Å². The molecule has 3 aliphatic rings. The molecule has 0 spiro atoms. The number of ether oxygens (including phenoxy) is 1. The van der Waals surface area contributed by atoms with Crippen molar-refractivity contribution in [2.75, 3.05) is 7.11 Å². The van der Waals surface area contributed by atoms with E-state index in [1.165, 1.54) is 37.1 Å². The largest absolute Gasteiger partial charge is 0.508 e. The zero-order chi connectivity index (χ0) is 27.1. The Morgan fingerprint density at radius 3 is 2.85 bits per heavy atom. The Hall–Kier alpha value is -3.15. The first-order chi connectivity index (χ1) is 18.9.